The van der Waals surface area contributed by atoms with Crippen molar-refractivity contribution in [3.63, 3.8) is 0 Å². The minimum atomic E-state index is -0.553. The fourth-order valence-corrected chi connectivity index (χ4v) is 4.39. The van der Waals surface area contributed by atoms with Gasteiger partial charge in [-0.05, 0) is 48.7 Å². The number of non-ortho nitro benzene ring substituents is 1. The molecule has 9 heteroatoms. The molecule has 0 fully saturated rings. The summed E-state index contributed by atoms with van der Waals surface area (Å²) >= 11 is 7.64. The maximum absolute atomic E-state index is 13.5. The van der Waals surface area contributed by atoms with Crippen LogP contribution in [0.1, 0.15) is 27.0 Å². The van der Waals surface area contributed by atoms with Crippen LogP contribution in [0.3, 0.4) is 0 Å². The number of anilines is 1. The van der Waals surface area contributed by atoms with Crippen molar-refractivity contribution in [2.24, 2.45) is 0 Å². The molecular weight excluding hydrogens is 436 g/mol. The summed E-state index contributed by atoms with van der Waals surface area (Å²) in [5.41, 5.74) is 3.62. The van der Waals surface area contributed by atoms with Crippen molar-refractivity contribution < 1.29 is 9.72 Å². The second-order valence-electron chi connectivity index (χ2n) is 7.02. The zero-order valence-corrected chi connectivity index (χ0v) is 18.3. The van der Waals surface area contributed by atoms with E-state index >= 15 is 0 Å². The number of rotatable bonds is 5. The average Bonchev–Trinajstić information content (AvgIpc) is 3.20. The molecule has 0 saturated heterocycles. The maximum atomic E-state index is 13.5. The third-order valence-corrected chi connectivity index (χ3v) is 6.38. The zero-order valence-electron chi connectivity index (χ0n) is 16.7. The average molecular weight is 453 g/mol. The van der Waals surface area contributed by atoms with Gasteiger partial charge < -0.3 is 0 Å². The molecule has 0 bridgehead atoms. The van der Waals surface area contributed by atoms with Crippen molar-refractivity contribution in [3.05, 3.63) is 92.2 Å². The third-order valence-electron chi connectivity index (χ3n) is 5.00. The van der Waals surface area contributed by atoms with Crippen molar-refractivity contribution in [2.45, 2.75) is 20.4 Å². The summed E-state index contributed by atoms with van der Waals surface area (Å²) in [4.78, 5) is 34.5. The van der Waals surface area contributed by atoms with E-state index < -0.39 is 10.8 Å². The van der Waals surface area contributed by atoms with Crippen LogP contribution in [-0.4, -0.2) is 20.8 Å². The predicted molar refractivity (Wildman–Crippen MR) is 122 cm³/mol. The number of nitro benzene ring substituents is 1. The van der Waals surface area contributed by atoms with Gasteiger partial charge in [0.05, 0.1) is 32.3 Å². The quantitative estimate of drug-likeness (QED) is 0.285. The summed E-state index contributed by atoms with van der Waals surface area (Å²) in [7, 11) is 0. The van der Waals surface area contributed by atoms with Crippen LogP contribution in [-0.2, 0) is 6.54 Å². The summed E-state index contributed by atoms with van der Waals surface area (Å²) in [6, 6.07) is 11.5. The maximum Gasteiger partial charge on any atom is 0.270 e. The molecule has 0 aliphatic heterocycles. The van der Waals surface area contributed by atoms with Crippen LogP contribution < -0.4 is 4.90 Å². The first kappa shape index (κ1) is 20.9. The Balaban J connectivity index is 1.84. The number of pyridine rings is 1. The Morgan fingerprint density at radius 1 is 1.23 bits per heavy atom. The molecule has 0 radical (unpaired) electrons. The van der Waals surface area contributed by atoms with Crippen LogP contribution in [0.15, 0.2) is 54.9 Å². The Morgan fingerprint density at radius 2 is 2.03 bits per heavy atom. The number of carbonyl (C=O) groups is 1. The Labute approximate surface area is 187 Å². The summed E-state index contributed by atoms with van der Waals surface area (Å²) < 4.78 is 0.951. The minimum Gasteiger partial charge on any atom is -0.279 e. The van der Waals surface area contributed by atoms with Crippen LogP contribution in [0.5, 0.6) is 0 Å². The smallest absolute Gasteiger partial charge is 0.270 e. The van der Waals surface area contributed by atoms with Crippen LogP contribution in [0.2, 0.25) is 5.02 Å². The van der Waals surface area contributed by atoms with E-state index in [1.54, 1.807) is 18.5 Å². The highest BCUT2D eigenvalue weighted by Gasteiger charge is 2.26. The number of aryl methyl sites for hydroxylation is 2. The van der Waals surface area contributed by atoms with Crippen molar-refractivity contribution in [1.29, 1.82) is 0 Å². The van der Waals surface area contributed by atoms with Gasteiger partial charge in [-0.2, -0.15) is 0 Å². The number of amides is 1. The lowest BCUT2D eigenvalue weighted by atomic mass is 10.1. The van der Waals surface area contributed by atoms with Gasteiger partial charge in [-0.3, -0.25) is 24.8 Å². The van der Waals surface area contributed by atoms with Gasteiger partial charge >= 0.3 is 0 Å². The van der Waals surface area contributed by atoms with Gasteiger partial charge in [0.15, 0.2) is 5.13 Å². The number of hydrogen-bond acceptors (Lipinski definition) is 6. The molecule has 2 aromatic carbocycles. The molecule has 0 N–H and O–H groups in total. The van der Waals surface area contributed by atoms with Gasteiger partial charge in [0.2, 0.25) is 0 Å². The molecule has 4 rings (SSSR count). The fourth-order valence-electron chi connectivity index (χ4n) is 3.17. The zero-order chi connectivity index (χ0) is 22.1. The number of benzene rings is 2. The van der Waals surface area contributed by atoms with E-state index in [1.807, 2.05) is 32.0 Å². The molecule has 0 saturated carbocycles. The lowest BCUT2D eigenvalue weighted by Gasteiger charge is -2.20. The molecule has 1 amide bonds. The van der Waals surface area contributed by atoms with E-state index in [9.17, 15) is 14.9 Å². The number of thiazole rings is 1. The number of nitro groups is 1. The highest BCUT2D eigenvalue weighted by Crippen LogP contribution is 2.34. The van der Waals surface area contributed by atoms with Crippen LogP contribution in [0.25, 0.3) is 10.2 Å². The van der Waals surface area contributed by atoms with Crippen molar-refractivity contribution in [3.8, 4) is 0 Å². The summed E-state index contributed by atoms with van der Waals surface area (Å²) in [6.07, 6.45) is 3.31. The molecule has 31 heavy (non-hydrogen) atoms. The molecule has 0 aliphatic rings. The van der Waals surface area contributed by atoms with Crippen molar-refractivity contribution >= 4 is 49.9 Å². The van der Waals surface area contributed by atoms with Crippen LogP contribution in [0, 0.1) is 24.0 Å². The van der Waals surface area contributed by atoms with Gasteiger partial charge in [-0.1, -0.05) is 35.1 Å². The first-order chi connectivity index (χ1) is 14.8. The summed E-state index contributed by atoms with van der Waals surface area (Å²) in [5, 5.41) is 11.8. The van der Waals surface area contributed by atoms with Crippen LogP contribution in [0.4, 0.5) is 10.8 Å². The Bertz CT molecular complexity index is 1310. The lowest BCUT2D eigenvalue weighted by Crippen LogP contribution is -2.30. The highest BCUT2D eigenvalue weighted by atomic mass is 35.5. The first-order valence-electron chi connectivity index (χ1n) is 9.36. The topological polar surface area (TPSA) is 89.2 Å². The molecule has 2 aromatic heterocycles. The SMILES string of the molecule is Cc1ccc2sc(N(Cc3cccnc3)C(=O)c3cc([N+](=O)[O-])ccc3Cl)nc2c1C. The first-order valence-corrected chi connectivity index (χ1v) is 10.6. The predicted octanol–water partition coefficient (Wildman–Crippen LogP) is 5.72. The Kier molecular flexibility index (Phi) is 5.67. The van der Waals surface area contributed by atoms with Crippen molar-refractivity contribution in [2.75, 3.05) is 4.90 Å². The molecule has 2 heterocycles. The second-order valence-corrected chi connectivity index (χ2v) is 8.44. The number of nitrogens with zero attached hydrogens (tertiary/aromatic N) is 4. The Morgan fingerprint density at radius 3 is 2.74 bits per heavy atom. The monoisotopic (exact) mass is 452 g/mol. The molecule has 0 spiro atoms. The highest BCUT2D eigenvalue weighted by molar-refractivity contribution is 7.22. The largest absolute Gasteiger partial charge is 0.279 e. The fraction of sp³-hybridized carbons (Fsp3) is 0.136. The van der Waals surface area contributed by atoms with Gasteiger partial charge in [0.25, 0.3) is 11.6 Å². The number of carbonyl (C=O) groups excluding carboxylic acids is 1. The normalized spacial score (nSPS) is 10.9. The standard InChI is InChI=1S/C22H17ClN4O3S/c1-13-5-8-19-20(14(13)2)25-22(31-19)26(12-15-4-3-9-24-11-15)21(28)17-10-16(27(29)30)6-7-18(17)23/h3-11H,12H2,1-2H3. The molecule has 0 atom stereocenters. The molecule has 7 nitrogen and oxygen atoms in total. The van der Waals surface area contributed by atoms with E-state index in [0.717, 1.165) is 26.9 Å². The number of fused-ring (bicyclic) bond motifs is 1. The van der Waals surface area contributed by atoms with Crippen molar-refractivity contribution in [1.82, 2.24) is 9.97 Å². The third kappa shape index (κ3) is 4.12. The van der Waals surface area contributed by atoms with Gasteiger partial charge in [-0.25, -0.2) is 4.98 Å². The van der Waals surface area contributed by atoms with Crippen LogP contribution >= 0.6 is 22.9 Å². The van der Waals surface area contributed by atoms with E-state index in [4.69, 9.17) is 16.6 Å². The Hall–Kier alpha value is -3.36. The van der Waals surface area contributed by atoms with Gasteiger partial charge in [-0.15, -0.1) is 0 Å². The molecule has 4 aromatic rings. The lowest BCUT2D eigenvalue weighted by molar-refractivity contribution is -0.384. The number of hydrogen-bond donors (Lipinski definition) is 0. The number of aromatic nitrogens is 2. The second kappa shape index (κ2) is 8.41. The summed E-state index contributed by atoms with van der Waals surface area (Å²) in [6.45, 7) is 4.20. The van der Waals surface area contributed by atoms with E-state index in [1.165, 1.54) is 34.4 Å². The summed E-state index contributed by atoms with van der Waals surface area (Å²) in [5.74, 6) is -0.467. The number of halogens is 1. The molecule has 0 aliphatic carbocycles. The van der Waals surface area contributed by atoms with Gasteiger partial charge in [0.1, 0.15) is 0 Å². The van der Waals surface area contributed by atoms with Gasteiger partial charge in [0, 0.05) is 24.5 Å². The molecule has 0 unspecified atom stereocenters. The van der Waals surface area contributed by atoms with E-state index in [2.05, 4.69) is 4.98 Å². The van der Waals surface area contributed by atoms with E-state index in [-0.39, 0.29) is 22.8 Å². The molecular formula is C22H17ClN4O3S. The minimum absolute atomic E-state index is 0.0481. The molecule has 156 valence electrons. The van der Waals surface area contributed by atoms with E-state index in [0.29, 0.717) is 5.13 Å².